The van der Waals surface area contributed by atoms with Crippen molar-refractivity contribution >= 4 is 34.9 Å². The number of rotatable bonds is 4. The molecule has 2 rings (SSSR count). The molecule has 0 aliphatic rings. The maximum Gasteiger partial charge on any atom is 0.321 e. The van der Waals surface area contributed by atoms with Crippen molar-refractivity contribution in [2.75, 3.05) is 19.0 Å². The molecule has 0 saturated heterocycles. The van der Waals surface area contributed by atoms with Gasteiger partial charge in [0.2, 0.25) is 0 Å². The fraction of sp³-hybridized carbons (Fsp3) is 0.308. The first-order chi connectivity index (χ1) is 10.4. The highest BCUT2D eigenvalue weighted by Crippen LogP contribution is 2.22. The minimum atomic E-state index is -0.351. The summed E-state index contributed by atoms with van der Waals surface area (Å²) in [5.74, 6) is 0.406. The molecule has 22 heavy (non-hydrogen) atoms. The van der Waals surface area contributed by atoms with E-state index in [9.17, 15) is 4.79 Å². The van der Waals surface area contributed by atoms with E-state index in [1.54, 1.807) is 26.2 Å². The Morgan fingerprint density at radius 2 is 2.23 bits per heavy atom. The molecule has 2 heterocycles. The summed E-state index contributed by atoms with van der Waals surface area (Å²) in [4.78, 5) is 17.5. The van der Waals surface area contributed by atoms with Crippen molar-refractivity contribution in [1.29, 1.82) is 0 Å². The minimum Gasteiger partial charge on any atom is -0.394 e. The fourth-order valence-corrected chi connectivity index (χ4v) is 2.08. The second-order valence-electron chi connectivity index (χ2n) is 4.71. The average molecular weight is 344 g/mol. The molecule has 1 atom stereocenters. The molecule has 0 unspecified atom stereocenters. The van der Waals surface area contributed by atoms with E-state index in [4.69, 9.17) is 28.3 Å². The molecule has 0 aromatic carbocycles. The van der Waals surface area contributed by atoms with Gasteiger partial charge in [-0.15, -0.1) is 0 Å². The second-order valence-corrected chi connectivity index (χ2v) is 5.55. The van der Waals surface area contributed by atoms with Gasteiger partial charge in [0.15, 0.2) is 5.82 Å². The number of pyridine rings is 1. The number of amides is 2. The van der Waals surface area contributed by atoms with Crippen LogP contribution in [0.25, 0.3) is 5.82 Å². The minimum absolute atomic E-state index is 0.118. The Morgan fingerprint density at radius 3 is 2.86 bits per heavy atom. The van der Waals surface area contributed by atoms with Crippen LogP contribution >= 0.6 is 23.2 Å². The molecule has 9 heteroatoms. The smallest absolute Gasteiger partial charge is 0.321 e. The Kier molecular flexibility index (Phi) is 5.23. The fourth-order valence-electron chi connectivity index (χ4n) is 1.61. The van der Waals surface area contributed by atoms with E-state index in [2.05, 4.69) is 15.4 Å². The number of nitrogens with one attached hydrogen (secondary N) is 1. The molecular weight excluding hydrogens is 329 g/mol. The van der Waals surface area contributed by atoms with Gasteiger partial charge in [-0.1, -0.05) is 23.2 Å². The number of aromatic nitrogens is 3. The maximum absolute atomic E-state index is 12.0. The summed E-state index contributed by atoms with van der Waals surface area (Å²) in [6.07, 6.45) is 4.51. The molecular formula is C13H15Cl2N5O2. The average Bonchev–Trinajstić information content (AvgIpc) is 2.93. The predicted molar refractivity (Wildman–Crippen MR) is 84.7 cm³/mol. The molecule has 0 spiro atoms. The Labute approximate surface area is 137 Å². The Hall–Kier alpha value is -1.83. The number of urea groups is 1. The van der Waals surface area contributed by atoms with E-state index >= 15 is 0 Å². The zero-order chi connectivity index (χ0) is 16.3. The monoisotopic (exact) mass is 343 g/mol. The summed E-state index contributed by atoms with van der Waals surface area (Å²) in [5, 5.41) is 16.6. The van der Waals surface area contributed by atoms with Gasteiger partial charge in [-0.3, -0.25) is 0 Å². The van der Waals surface area contributed by atoms with E-state index in [0.717, 1.165) is 0 Å². The largest absolute Gasteiger partial charge is 0.394 e. The lowest BCUT2D eigenvalue weighted by molar-refractivity contribution is 0.166. The summed E-state index contributed by atoms with van der Waals surface area (Å²) < 4.78 is 1.43. The van der Waals surface area contributed by atoms with Gasteiger partial charge >= 0.3 is 6.03 Å². The van der Waals surface area contributed by atoms with Gasteiger partial charge < -0.3 is 15.3 Å². The zero-order valence-electron chi connectivity index (χ0n) is 12.0. The number of nitrogens with zero attached hydrogens (tertiary/aromatic N) is 4. The molecule has 7 nitrogen and oxygen atoms in total. The highest BCUT2D eigenvalue weighted by molar-refractivity contribution is 6.35. The molecule has 0 bridgehead atoms. The van der Waals surface area contributed by atoms with Crippen LogP contribution in [0.15, 0.2) is 24.7 Å². The molecule has 0 fully saturated rings. The van der Waals surface area contributed by atoms with Gasteiger partial charge in [0.25, 0.3) is 0 Å². The SMILES string of the molecule is C[C@@H](CO)N(C)C(=O)Nc1cnn(-c2ncc(Cl)cc2Cl)c1. The van der Waals surface area contributed by atoms with Crippen molar-refractivity contribution in [1.82, 2.24) is 19.7 Å². The summed E-state index contributed by atoms with van der Waals surface area (Å²) in [7, 11) is 1.60. The predicted octanol–water partition coefficient (Wildman–Crippen LogP) is 2.42. The lowest BCUT2D eigenvalue weighted by Gasteiger charge is -2.22. The molecule has 0 aliphatic heterocycles. The van der Waals surface area contributed by atoms with Crippen LogP contribution in [-0.2, 0) is 0 Å². The van der Waals surface area contributed by atoms with Crippen molar-refractivity contribution in [3.05, 3.63) is 34.7 Å². The highest BCUT2D eigenvalue weighted by Gasteiger charge is 2.16. The number of hydrogen-bond acceptors (Lipinski definition) is 4. The summed E-state index contributed by atoms with van der Waals surface area (Å²) in [6.45, 7) is 1.62. The quantitative estimate of drug-likeness (QED) is 0.892. The number of halogens is 2. The molecule has 118 valence electrons. The highest BCUT2D eigenvalue weighted by atomic mass is 35.5. The van der Waals surface area contributed by atoms with Gasteiger partial charge in [0.05, 0.1) is 40.8 Å². The van der Waals surface area contributed by atoms with Crippen LogP contribution < -0.4 is 5.32 Å². The first-order valence-corrected chi connectivity index (χ1v) is 7.18. The third-order valence-electron chi connectivity index (χ3n) is 3.08. The first kappa shape index (κ1) is 16.5. The van der Waals surface area contributed by atoms with Crippen molar-refractivity contribution in [3.63, 3.8) is 0 Å². The standard InChI is InChI=1S/C13H15Cl2N5O2/c1-8(7-21)19(2)13(22)18-10-5-17-20(6-10)12-11(15)3-9(14)4-16-12/h3-6,8,21H,7H2,1-2H3,(H,18,22)/t8-/m0/s1. The molecule has 2 N–H and O–H groups in total. The van der Waals surface area contributed by atoms with Crippen LogP contribution in [0.4, 0.5) is 10.5 Å². The molecule has 0 saturated carbocycles. The summed E-state index contributed by atoms with van der Waals surface area (Å²) >= 11 is 11.9. The molecule has 2 aromatic heterocycles. The van der Waals surface area contributed by atoms with Crippen molar-refractivity contribution < 1.29 is 9.90 Å². The van der Waals surface area contributed by atoms with E-state index < -0.39 is 0 Å². The van der Waals surface area contributed by atoms with Gasteiger partial charge in [-0.2, -0.15) is 5.10 Å². The normalized spacial score (nSPS) is 12.0. The number of likely N-dealkylation sites (N-methyl/N-ethyl adjacent to an activating group) is 1. The topological polar surface area (TPSA) is 83.3 Å². The van der Waals surface area contributed by atoms with Crippen LogP contribution in [-0.4, -0.2) is 50.5 Å². The molecule has 0 aliphatic carbocycles. The number of aliphatic hydroxyl groups excluding tert-OH is 1. The van der Waals surface area contributed by atoms with Gasteiger partial charge in [-0.05, 0) is 13.0 Å². The van der Waals surface area contributed by atoms with Gasteiger partial charge in [0.1, 0.15) is 0 Å². The number of hydrogen-bond donors (Lipinski definition) is 2. The molecule has 2 amide bonds. The third-order valence-corrected chi connectivity index (χ3v) is 3.57. The van der Waals surface area contributed by atoms with E-state index in [0.29, 0.717) is 21.6 Å². The third kappa shape index (κ3) is 3.68. The van der Waals surface area contributed by atoms with Crippen LogP contribution in [0.2, 0.25) is 10.0 Å². The van der Waals surface area contributed by atoms with Crippen molar-refractivity contribution in [2.24, 2.45) is 0 Å². The van der Waals surface area contributed by atoms with Gasteiger partial charge in [-0.25, -0.2) is 14.5 Å². The number of carbonyl (C=O) groups excluding carboxylic acids is 1. The lowest BCUT2D eigenvalue weighted by Crippen LogP contribution is -2.40. The van der Waals surface area contributed by atoms with E-state index in [-0.39, 0.29) is 18.7 Å². The number of anilines is 1. The zero-order valence-corrected chi connectivity index (χ0v) is 13.5. The van der Waals surface area contributed by atoms with Crippen LogP contribution in [0.5, 0.6) is 0 Å². The Balaban J connectivity index is 2.13. The van der Waals surface area contributed by atoms with Crippen LogP contribution in [0, 0.1) is 0 Å². The summed E-state index contributed by atoms with van der Waals surface area (Å²) in [6, 6.07) is 0.918. The van der Waals surface area contributed by atoms with Crippen LogP contribution in [0.3, 0.4) is 0 Å². The van der Waals surface area contributed by atoms with Crippen LogP contribution in [0.1, 0.15) is 6.92 Å². The Bertz CT molecular complexity index is 676. The number of carbonyl (C=O) groups is 1. The first-order valence-electron chi connectivity index (χ1n) is 6.43. The van der Waals surface area contributed by atoms with Crippen molar-refractivity contribution in [2.45, 2.75) is 13.0 Å². The molecule has 2 aromatic rings. The molecule has 0 radical (unpaired) electrons. The summed E-state index contributed by atoms with van der Waals surface area (Å²) in [5.41, 5.74) is 0.481. The maximum atomic E-state index is 12.0. The van der Waals surface area contributed by atoms with E-state index in [1.165, 1.54) is 22.0 Å². The second kappa shape index (κ2) is 6.95. The lowest BCUT2D eigenvalue weighted by atomic mass is 10.3. The van der Waals surface area contributed by atoms with E-state index in [1.807, 2.05) is 0 Å². The van der Waals surface area contributed by atoms with Crippen molar-refractivity contribution in [3.8, 4) is 5.82 Å². The van der Waals surface area contributed by atoms with Gasteiger partial charge in [0, 0.05) is 13.2 Å². The number of aliphatic hydroxyl groups is 1. The Morgan fingerprint density at radius 1 is 1.50 bits per heavy atom.